The van der Waals surface area contributed by atoms with E-state index in [0.717, 1.165) is 26.1 Å². The number of carbonyl (C=O) groups excluding carboxylic acids is 2. The molecule has 5 heteroatoms. The van der Waals surface area contributed by atoms with Gasteiger partial charge in [-0.05, 0) is 19.4 Å². The van der Waals surface area contributed by atoms with Gasteiger partial charge in [-0.1, -0.05) is 0 Å². The Morgan fingerprint density at radius 2 is 2.33 bits per heavy atom. The zero-order chi connectivity index (χ0) is 10.8. The molecule has 2 atom stereocenters. The fourth-order valence-electron chi connectivity index (χ4n) is 2.38. The first-order valence-electron chi connectivity index (χ1n) is 5.32. The predicted octanol–water partition coefficient (Wildman–Crippen LogP) is -0.630. The number of hydrogen-bond donors (Lipinski definition) is 1. The number of carbonyl (C=O) groups is 2. The van der Waals surface area contributed by atoms with E-state index in [-0.39, 0.29) is 23.8 Å². The van der Waals surface area contributed by atoms with Crippen molar-refractivity contribution in [3.8, 4) is 0 Å². The third-order valence-electron chi connectivity index (χ3n) is 3.25. The van der Waals surface area contributed by atoms with E-state index >= 15 is 0 Å². The molecule has 2 aliphatic heterocycles. The third-order valence-corrected chi connectivity index (χ3v) is 3.25. The maximum atomic E-state index is 11.6. The second kappa shape index (κ2) is 4.18. The van der Waals surface area contributed by atoms with Gasteiger partial charge >= 0.3 is 5.97 Å². The van der Waals surface area contributed by atoms with Crippen molar-refractivity contribution >= 4 is 11.9 Å². The Bertz CT molecular complexity index is 280. The lowest BCUT2D eigenvalue weighted by Crippen LogP contribution is -2.58. The fraction of sp³-hybridized carbons (Fsp3) is 0.800. The van der Waals surface area contributed by atoms with Crippen molar-refractivity contribution in [2.45, 2.75) is 18.9 Å². The molecule has 1 N–H and O–H groups in total. The first-order chi connectivity index (χ1) is 7.22. The Balaban J connectivity index is 2.02. The summed E-state index contributed by atoms with van der Waals surface area (Å²) in [5, 5.41) is 2.83. The van der Waals surface area contributed by atoms with E-state index in [1.54, 1.807) is 0 Å². The van der Waals surface area contributed by atoms with Crippen LogP contribution in [0.3, 0.4) is 0 Å². The zero-order valence-corrected chi connectivity index (χ0v) is 8.86. The molecule has 0 saturated carbocycles. The van der Waals surface area contributed by atoms with E-state index in [9.17, 15) is 9.59 Å². The van der Waals surface area contributed by atoms with Crippen LogP contribution < -0.4 is 5.32 Å². The molecule has 15 heavy (non-hydrogen) atoms. The van der Waals surface area contributed by atoms with Crippen molar-refractivity contribution in [1.29, 1.82) is 0 Å². The third kappa shape index (κ3) is 1.97. The van der Waals surface area contributed by atoms with Crippen LogP contribution in [0.15, 0.2) is 0 Å². The van der Waals surface area contributed by atoms with Gasteiger partial charge in [-0.15, -0.1) is 0 Å². The van der Waals surface area contributed by atoms with Crippen LogP contribution >= 0.6 is 0 Å². The molecule has 0 aromatic carbocycles. The molecule has 2 rings (SSSR count). The predicted molar refractivity (Wildman–Crippen MR) is 53.1 cm³/mol. The first-order valence-corrected chi connectivity index (χ1v) is 5.32. The highest BCUT2D eigenvalue weighted by molar-refractivity contribution is 5.84. The molecule has 2 aliphatic rings. The van der Waals surface area contributed by atoms with Gasteiger partial charge in [0, 0.05) is 13.1 Å². The molecule has 0 radical (unpaired) electrons. The Labute approximate surface area is 88.8 Å². The molecule has 0 aliphatic carbocycles. The lowest BCUT2D eigenvalue weighted by atomic mass is 9.89. The number of esters is 1. The first kappa shape index (κ1) is 10.4. The average Bonchev–Trinajstić information content (AvgIpc) is 2.28. The molecule has 0 bridgehead atoms. The molecular formula is C10H16N2O3. The number of methoxy groups -OCH3 is 1. The van der Waals surface area contributed by atoms with Crippen LogP contribution in [-0.2, 0) is 14.3 Å². The largest absolute Gasteiger partial charge is 0.469 e. The number of piperazine rings is 1. The number of hydrogen-bond acceptors (Lipinski definition) is 4. The molecule has 1 amide bonds. The van der Waals surface area contributed by atoms with Crippen molar-refractivity contribution in [1.82, 2.24) is 10.2 Å². The monoisotopic (exact) mass is 212 g/mol. The summed E-state index contributed by atoms with van der Waals surface area (Å²) in [5.74, 6) is -0.247. The van der Waals surface area contributed by atoms with E-state index in [1.807, 2.05) is 0 Å². The second-order valence-corrected chi connectivity index (χ2v) is 4.09. The molecule has 2 saturated heterocycles. The van der Waals surface area contributed by atoms with E-state index in [4.69, 9.17) is 4.74 Å². The van der Waals surface area contributed by atoms with Crippen LogP contribution in [0.5, 0.6) is 0 Å². The summed E-state index contributed by atoms with van der Waals surface area (Å²) >= 11 is 0. The smallest absolute Gasteiger partial charge is 0.308 e. The summed E-state index contributed by atoms with van der Waals surface area (Å²) < 4.78 is 4.72. The van der Waals surface area contributed by atoms with Gasteiger partial charge in [-0.2, -0.15) is 0 Å². The molecular weight excluding hydrogens is 196 g/mol. The molecule has 0 spiro atoms. The van der Waals surface area contributed by atoms with Crippen molar-refractivity contribution in [3.05, 3.63) is 0 Å². The number of nitrogens with one attached hydrogen (secondary N) is 1. The van der Waals surface area contributed by atoms with Gasteiger partial charge < -0.3 is 10.1 Å². The van der Waals surface area contributed by atoms with Gasteiger partial charge in [0.05, 0.1) is 19.1 Å². The van der Waals surface area contributed by atoms with Gasteiger partial charge in [0.1, 0.15) is 0 Å². The van der Waals surface area contributed by atoms with Gasteiger partial charge in [-0.3, -0.25) is 14.5 Å². The molecule has 84 valence electrons. The summed E-state index contributed by atoms with van der Waals surface area (Å²) in [6, 6.07) is -0.128. The molecule has 0 aromatic heterocycles. The maximum absolute atomic E-state index is 11.6. The van der Waals surface area contributed by atoms with Crippen LogP contribution in [0, 0.1) is 5.92 Å². The quantitative estimate of drug-likeness (QED) is 0.588. The Kier molecular flexibility index (Phi) is 2.90. The summed E-state index contributed by atoms with van der Waals surface area (Å²) in [7, 11) is 1.40. The molecule has 0 aromatic rings. The summed E-state index contributed by atoms with van der Waals surface area (Å²) in [6.45, 7) is 2.43. The van der Waals surface area contributed by atoms with Gasteiger partial charge in [-0.25, -0.2) is 0 Å². The van der Waals surface area contributed by atoms with Crippen molar-refractivity contribution < 1.29 is 14.3 Å². The van der Waals surface area contributed by atoms with Crippen molar-refractivity contribution in [2.24, 2.45) is 5.92 Å². The SMILES string of the molecule is COC(=O)C1CCN2CCNC(=O)C2C1. The van der Waals surface area contributed by atoms with Crippen molar-refractivity contribution in [3.63, 3.8) is 0 Å². The van der Waals surface area contributed by atoms with E-state index < -0.39 is 0 Å². The number of ether oxygens (including phenoxy) is 1. The minimum Gasteiger partial charge on any atom is -0.469 e. The minimum absolute atomic E-state index is 0.0508. The molecule has 2 unspecified atom stereocenters. The standard InChI is InChI=1S/C10H16N2O3/c1-15-10(14)7-2-4-12-5-3-11-9(13)8(12)6-7/h7-8H,2-6H2,1H3,(H,11,13). The van der Waals surface area contributed by atoms with Crippen LogP contribution in [0.2, 0.25) is 0 Å². The van der Waals surface area contributed by atoms with Gasteiger partial charge in [0.15, 0.2) is 0 Å². The van der Waals surface area contributed by atoms with Crippen LogP contribution in [0.4, 0.5) is 0 Å². The van der Waals surface area contributed by atoms with Gasteiger partial charge in [0.25, 0.3) is 0 Å². The van der Waals surface area contributed by atoms with Crippen molar-refractivity contribution in [2.75, 3.05) is 26.7 Å². The lowest BCUT2D eigenvalue weighted by Gasteiger charge is -2.40. The van der Waals surface area contributed by atoms with Crippen LogP contribution in [0.25, 0.3) is 0 Å². The number of amides is 1. The topological polar surface area (TPSA) is 58.6 Å². The maximum Gasteiger partial charge on any atom is 0.308 e. The van der Waals surface area contributed by atoms with Gasteiger partial charge in [0.2, 0.25) is 5.91 Å². The molecule has 2 fully saturated rings. The zero-order valence-electron chi connectivity index (χ0n) is 8.86. The summed E-state index contributed by atoms with van der Waals surface area (Å²) in [5.41, 5.74) is 0. The Morgan fingerprint density at radius 1 is 1.53 bits per heavy atom. The van der Waals surface area contributed by atoms with E-state index in [0.29, 0.717) is 6.42 Å². The molecule has 5 nitrogen and oxygen atoms in total. The lowest BCUT2D eigenvalue weighted by molar-refractivity contribution is -0.149. The highest BCUT2D eigenvalue weighted by Crippen LogP contribution is 2.25. The highest BCUT2D eigenvalue weighted by atomic mass is 16.5. The Morgan fingerprint density at radius 3 is 3.07 bits per heavy atom. The second-order valence-electron chi connectivity index (χ2n) is 4.09. The number of rotatable bonds is 1. The average molecular weight is 212 g/mol. The Hall–Kier alpha value is -1.10. The minimum atomic E-state index is -0.187. The summed E-state index contributed by atoms with van der Waals surface area (Å²) in [4.78, 5) is 25.1. The summed E-state index contributed by atoms with van der Waals surface area (Å²) in [6.07, 6.45) is 1.40. The number of piperidine rings is 1. The molecule has 2 heterocycles. The van der Waals surface area contributed by atoms with E-state index in [2.05, 4.69) is 10.2 Å². The normalized spacial score (nSPS) is 31.7. The number of nitrogens with zero attached hydrogens (tertiary/aromatic N) is 1. The fourth-order valence-corrected chi connectivity index (χ4v) is 2.38. The number of fused-ring (bicyclic) bond motifs is 1. The van der Waals surface area contributed by atoms with Crippen LogP contribution in [0.1, 0.15) is 12.8 Å². The highest BCUT2D eigenvalue weighted by Gasteiger charge is 2.38. The van der Waals surface area contributed by atoms with E-state index in [1.165, 1.54) is 7.11 Å². The van der Waals surface area contributed by atoms with Crippen LogP contribution in [-0.4, -0.2) is 49.6 Å².